The predicted molar refractivity (Wildman–Crippen MR) is 151 cm³/mol. The molecule has 7 nitrogen and oxygen atoms in total. The third kappa shape index (κ3) is 7.94. The molecule has 1 aliphatic rings. The minimum absolute atomic E-state index is 0.126. The van der Waals surface area contributed by atoms with Gasteiger partial charge in [0.05, 0.1) is 17.4 Å². The Balaban J connectivity index is 1.63. The van der Waals surface area contributed by atoms with E-state index in [1.807, 2.05) is 6.07 Å². The average molecular weight is 585 g/mol. The summed E-state index contributed by atoms with van der Waals surface area (Å²) in [5.74, 6) is -1.38. The number of pyridine rings is 1. The van der Waals surface area contributed by atoms with E-state index < -0.39 is 23.5 Å². The number of amides is 1. The molecule has 1 aliphatic heterocycles. The fourth-order valence-corrected chi connectivity index (χ4v) is 4.92. The van der Waals surface area contributed by atoms with Gasteiger partial charge in [-0.3, -0.25) is 14.6 Å². The molecule has 3 aromatic rings. The van der Waals surface area contributed by atoms with Gasteiger partial charge in [-0.05, 0) is 74.2 Å². The number of alkyl halides is 3. The van der Waals surface area contributed by atoms with Crippen LogP contribution in [0.3, 0.4) is 0 Å². The number of likely N-dealkylation sites (tertiary alicyclic amines) is 1. The molecule has 1 aromatic heterocycles. The van der Waals surface area contributed by atoms with Crippen LogP contribution in [0, 0.1) is 5.82 Å². The molecule has 0 radical (unpaired) electrons. The second kappa shape index (κ2) is 13.6. The monoisotopic (exact) mass is 584 g/mol. The maximum absolute atomic E-state index is 14.2. The number of carbonyl (C=O) groups is 2. The Morgan fingerprint density at radius 2 is 1.86 bits per heavy atom. The SMILES string of the molecule is CC(C)N1CCC(N(Cc2cccc(Nc3ccncc3F)c2)C(=O)/C(=C\c2ccc(C(F)(F)F)cc2)OC=O)CC1. The molecule has 1 fully saturated rings. The number of benzene rings is 2. The lowest BCUT2D eigenvalue weighted by Crippen LogP contribution is -2.49. The lowest BCUT2D eigenvalue weighted by molar-refractivity contribution is -0.139. The number of ether oxygens (including phenoxy) is 1. The van der Waals surface area contributed by atoms with E-state index in [0.29, 0.717) is 24.6 Å². The molecule has 0 bridgehead atoms. The number of hydrogen-bond donors (Lipinski definition) is 1. The summed E-state index contributed by atoms with van der Waals surface area (Å²) in [5, 5.41) is 3.02. The van der Waals surface area contributed by atoms with Crippen LogP contribution in [0.25, 0.3) is 6.08 Å². The largest absolute Gasteiger partial charge is 0.423 e. The molecule has 2 aromatic carbocycles. The highest BCUT2D eigenvalue weighted by Gasteiger charge is 2.32. The van der Waals surface area contributed by atoms with Crippen LogP contribution in [0.5, 0.6) is 0 Å². The van der Waals surface area contributed by atoms with E-state index >= 15 is 0 Å². The number of hydrogen-bond acceptors (Lipinski definition) is 6. The summed E-state index contributed by atoms with van der Waals surface area (Å²) < 4.78 is 58.3. The van der Waals surface area contributed by atoms with Crippen LogP contribution >= 0.6 is 0 Å². The molecule has 1 amide bonds. The minimum atomic E-state index is -4.51. The van der Waals surface area contributed by atoms with E-state index in [4.69, 9.17) is 4.74 Å². The summed E-state index contributed by atoms with van der Waals surface area (Å²) in [6.45, 7) is 6.03. The van der Waals surface area contributed by atoms with Crippen LogP contribution in [-0.4, -0.2) is 52.3 Å². The van der Waals surface area contributed by atoms with E-state index in [2.05, 4.69) is 29.0 Å². The number of rotatable bonds is 10. The first kappa shape index (κ1) is 30.7. The Labute approximate surface area is 241 Å². The molecule has 0 atom stereocenters. The number of nitrogens with one attached hydrogen (secondary N) is 1. The Bertz CT molecular complexity index is 1400. The van der Waals surface area contributed by atoms with Crippen LogP contribution in [-0.2, 0) is 27.0 Å². The highest BCUT2D eigenvalue weighted by molar-refractivity contribution is 5.97. The number of nitrogens with zero attached hydrogens (tertiary/aromatic N) is 3. The fourth-order valence-electron chi connectivity index (χ4n) is 4.92. The molecule has 0 unspecified atom stereocenters. The number of aromatic nitrogens is 1. The van der Waals surface area contributed by atoms with E-state index in [9.17, 15) is 27.2 Å². The average Bonchev–Trinajstić information content (AvgIpc) is 2.97. The lowest BCUT2D eigenvalue weighted by Gasteiger charge is -2.40. The van der Waals surface area contributed by atoms with Crippen LogP contribution in [0.2, 0.25) is 0 Å². The van der Waals surface area contributed by atoms with Gasteiger partial charge in [0.25, 0.3) is 12.4 Å². The van der Waals surface area contributed by atoms with Gasteiger partial charge in [0.1, 0.15) is 0 Å². The second-order valence-electron chi connectivity index (χ2n) is 10.3. The Hall–Kier alpha value is -4.25. The van der Waals surface area contributed by atoms with Gasteiger partial charge in [-0.1, -0.05) is 24.3 Å². The maximum atomic E-state index is 14.2. The topological polar surface area (TPSA) is 74.8 Å². The van der Waals surface area contributed by atoms with E-state index in [1.165, 1.54) is 30.5 Å². The maximum Gasteiger partial charge on any atom is 0.416 e. The molecule has 11 heteroatoms. The van der Waals surface area contributed by atoms with Crippen molar-refractivity contribution in [1.82, 2.24) is 14.8 Å². The first-order chi connectivity index (χ1) is 20.0. The van der Waals surface area contributed by atoms with Gasteiger partial charge in [0, 0.05) is 43.6 Å². The molecule has 0 spiro atoms. The third-order valence-corrected chi connectivity index (χ3v) is 7.18. The van der Waals surface area contributed by atoms with Crippen molar-refractivity contribution >= 4 is 29.8 Å². The Morgan fingerprint density at radius 1 is 1.14 bits per heavy atom. The number of halogens is 4. The molecule has 1 N–H and O–H groups in total. The summed E-state index contributed by atoms with van der Waals surface area (Å²) in [5.41, 5.74) is 1.03. The number of anilines is 2. The molecule has 2 heterocycles. The zero-order valence-electron chi connectivity index (χ0n) is 23.3. The number of carbonyl (C=O) groups excluding carboxylic acids is 2. The first-order valence-electron chi connectivity index (χ1n) is 13.5. The highest BCUT2D eigenvalue weighted by atomic mass is 19.4. The van der Waals surface area contributed by atoms with Crippen LogP contribution in [0.1, 0.15) is 43.4 Å². The zero-order chi connectivity index (χ0) is 30.3. The van der Waals surface area contributed by atoms with Crippen molar-refractivity contribution in [2.75, 3.05) is 18.4 Å². The highest BCUT2D eigenvalue weighted by Crippen LogP contribution is 2.30. The lowest BCUT2D eigenvalue weighted by atomic mass is 10.00. The summed E-state index contributed by atoms with van der Waals surface area (Å²) in [6.07, 6.45) is 0.688. The smallest absolute Gasteiger partial charge is 0.416 e. The van der Waals surface area contributed by atoms with Gasteiger partial charge in [-0.25, -0.2) is 4.39 Å². The van der Waals surface area contributed by atoms with Crippen molar-refractivity contribution < 1.29 is 31.9 Å². The molecular formula is C31H32F4N4O3. The molecule has 222 valence electrons. The second-order valence-corrected chi connectivity index (χ2v) is 10.3. The van der Waals surface area contributed by atoms with Gasteiger partial charge < -0.3 is 19.9 Å². The van der Waals surface area contributed by atoms with Crippen molar-refractivity contribution in [1.29, 1.82) is 0 Å². The quantitative estimate of drug-likeness (QED) is 0.129. The zero-order valence-corrected chi connectivity index (χ0v) is 23.3. The van der Waals surface area contributed by atoms with Crippen molar-refractivity contribution in [3.05, 3.63) is 95.3 Å². The molecule has 0 saturated carbocycles. The summed E-state index contributed by atoms with van der Waals surface area (Å²) in [4.78, 5) is 33.0. The standard InChI is InChI=1S/C31H32F4N4O3/c1-21(2)38-14-11-26(12-15-38)39(19-23-4-3-5-25(16-23)37-28-10-13-36-18-27(28)32)30(41)29(42-20-40)17-22-6-8-24(9-7-22)31(33,34)35/h3-10,13,16-18,20-21,26H,11-12,14-15,19H2,1-2H3,(H,36,37)/b29-17+. The molecular weight excluding hydrogens is 552 g/mol. The fraction of sp³-hybridized carbons (Fsp3) is 0.323. The van der Waals surface area contributed by atoms with Gasteiger partial charge >= 0.3 is 6.18 Å². The van der Waals surface area contributed by atoms with Crippen LogP contribution < -0.4 is 5.32 Å². The summed E-state index contributed by atoms with van der Waals surface area (Å²) in [6, 6.07) is 13.1. The van der Waals surface area contributed by atoms with Crippen molar-refractivity contribution in [3.63, 3.8) is 0 Å². The summed E-state index contributed by atoms with van der Waals surface area (Å²) in [7, 11) is 0. The van der Waals surface area contributed by atoms with Gasteiger partial charge in [-0.2, -0.15) is 13.2 Å². The third-order valence-electron chi connectivity index (χ3n) is 7.18. The van der Waals surface area contributed by atoms with Crippen molar-refractivity contribution in [3.8, 4) is 0 Å². The van der Waals surface area contributed by atoms with Crippen molar-refractivity contribution in [2.24, 2.45) is 0 Å². The normalized spacial score (nSPS) is 15.0. The van der Waals surface area contributed by atoms with Gasteiger partial charge in [0.15, 0.2) is 11.6 Å². The Morgan fingerprint density at radius 3 is 2.48 bits per heavy atom. The van der Waals surface area contributed by atoms with Gasteiger partial charge in [0.2, 0.25) is 0 Å². The van der Waals surface area contributed by atoms with E-state index in [-0.39, 0.29) is 36.1 Å². The molecule has 4 rings (SSSR count). The van der Waals surface area contributed by atoms with Gasteiger partial charge in [-0.15, -0.1) is 0 Å². The van der Waals surface area contributed by atoms with E-state index in [1.54, 1.807) is 23.1 Å². The molecule has 42 heavy (non-hydrogen) atoms. The first-order valence-corrected chi connectivity index (χ1v) is 13.5. The number of piperidine rings is 1. The van der Waals surface area contributed by atoms with Crippen LogP contribution in [0.15, 0.2) is 72.8 Å². The molecule has 0 aliphatic carbocycles. The minimum Gasteiger partial charge on any atom is -0.423 e. The van der Waals surface area contributed by atoms with E-state index in [0.717, 1.165) is 37.0 Å². The predicted octanol–water partition coefficient (Wildman–Crippen LogP) is 6.40. The van der Waals surface area contributed by atoms with Crippen molar-refractivity contribution in [2.45, 2.75) is 51.5 Å². The summed E-state index contributed by atoms with van der Waals surface area (Å²) >= 11 is 0. The molecule has 1 saturated heterocycles. The Kier molecular flexibility index (Phi) is 9.95. The van der Waals surface area contributed by atoms with Crippen LogP contribution in [0.4, 0.5) is 28.9 Å².